The Morgan fingerprint density at radius 3 is 2.56 bits per heavy atom. The van der Waals surface area contributed by atoms with Crippen molar-refractivity contribution in [2.75, 3.05) is 19.8 Å². The number of rotatable bonds is 6. The lowest BCUT2D eigenvalue weighted by molar-refractivity contribution is -0.152. The molecule has 1 heterocycles. The summed E-state index contributed by atoms with van der Waals surface area (Å²) < 4.78 is 5.15. The molecule has 1 saturated heterocycles. The molecule has 1 rings (SSSR count). The van der Waals surface area contributed by atoms with Crippen LogP contribution in [-0.4, -0.2) is 42.3 Å². The van der Waals surface area contributed by atoms with Gasteiger partial charge in [0.05, 0.1) is 0 Å². The van der Waals surface area contributed by atoms with E-state index in [1.54, 1.807) is 6.92 Å². The molecular weight excluding hydrogens is 236 g/mol. The standard InChI is InChI=1S/C12H22N2O4/c1-9(3-2-6-13)10(15)14-12(11(16)17)4-7-18-8-5-12/h9H,2-8,13H2,1H3,(H,14,15)(H,16,17). The van der Waals surface area contributed by atoms with Crippen LogP contribution in [0.1, 0.15) is 32.6 Å². The van der Waals surface area contributed by atoms with Crippen LogP contribution in [0, 0.1) is 5.92 Å². The van der Waals surface area contributed by atoms with Crippen molar-refractivity contribution in [2.45, 2.75) is 38.1 Å². The number of ether oxygens (including phenoxy) is 1. The number of hydrogen-bond donors (Lipinski definition) is 3. The maximum absolute atomic E-state index is 12.0. The van der Waals surface area contributed by atoms with Crippen molar-refractivity contribution < 1.29 is 19.4 Å². The lowest BCUT2D eigenvalue weighted by atomic mass is 9.89. The average Bonchev–Trinajstić information content (AvgIpc) is 2.36. The summed E-state index contributed by atoms with van der Waals surface area (Å²) in [5.74, 6) is -1.41. The number of amides is 1. The Balaban J connectivity index is 2.60. The average molecular weight is 258 g/mol. The summed E-state index contributed by atoms with van der Waals surface area (Å²) in [5.41, 5.74) is 4.23. The van der Waals surface area contributed by atoms with Gasteiger partial charge >= 0.3 is 5.97 Å². The van der Waals surface area contributed by atoms with Gasteiger partial charge in [-0.3, -0.25) is 4.79 Å². The van der Waals surface area contributed by atoms with E-state index in [1.807, 2.05) is 0 Å². The summed E-state index contributed by atoms with van der Waals surface area (Å²) in [7, 11) is 0. The van der Waals surface area contributed by atoms with Crippen molar-refractivity contribution in [2.24, 2.45) is 11.7 Å². The maximum Gasteiger partial charge on any atom is 0.329 e. The van der Waals surface area contributed by atoms with Crippen LogP contribution >= 0.6 is 0 Å². The SMILES string of the molecule is CC(CCCN)C(=O)NC1(C(=O)O)CCOCC1. The number of aliphatic carboxylic acids is 1. The van der Waals surface area contributed by atoms with Crippen molar-refractivity contribution in [3.8, 4) is 0 Å². The van der Waals surface area contributed by atoms with Crippen molar-refractivity contribution in [1.29, 1.82) is 0 Å². The van der Waals surface area contributed by atoms with E-state index in [0.717, 1.165) is 6.42 Å². The zero-order chi connectivity index (χ0) is 13.6. The number of nitrogens with two attached hydrogens (primary N) is 1. The minimum Gasteiger partial charge on any atom is -0.480 e. The smallest absolute Gasteiger partial charge is 0.329 e. The third kappa shape index (κ3) is 3.68. The molecule has 0 aromatic heterocycles. The normalized spacial score (nSPS) is 20.1. The first kappa shape index (κ1) is 14.9. The molecule has 1 atom stereocenters. The molecule has 0 bridgehead atoms. The summed E-state index contributed by atoms with van der Waals surface area (Å²) in [6, 6.07) is 0. The van der Waals surface area contributed by atoms with Gasteiger partial charge in [0, 0.05) is 32.0 Å². The molecule has 0 aliphatic carbocycles. The third-order valence-corrected chi connectivity index (χ3v) is 3.41. The zero-order valence-electron chi connectivity index (χ0n) is 10.8. The molecule has 0 radical (unpaired) electrons. The predicted octanol–water partition coefficient (Wildman–Crippen LogP) is 0.111. The van der Waals surface area contributed by atoms with Gasteiger partial charge in [0.2, 0.25) is 5.91 Å². The highest BCUT2D eigenvalue weighted by Crippen LogP contribution is 2.22. The summed E-state index contributed by atoms with van der Waals surface area (Å²) in [4.78, 5) is 23.3. The predicted molar refractivity (Wildman–Crippen MR) is 66.0 cm³/mol. The second-order valence-electron chi connectivity index (χ2n) is 4.82. The fourth-order valence-electron chi connectivity index (χ4n) is 2.03. The Morgan fingerprint density at radius 2 is 2.06 bits per heavy atom. The van der Waals surface area contributed by atoms with Crippen LogP contribution in [0.4, 0.5) is 0 Å². The van der Waals surface area contributed by atoms with E-state index < -0.39 is 11.5 Å². The Hall–Kier alpha value is -1.14. The quantitative estimate of drug-likeness (QED) is 0.627. The molecule has 1 fully saturated rings. The number of carboxylic acids is 1. The first-order chi connectivity index (χ1) is 8.52. The number of nitrogens with one attached hydrogen (secondary N) is 1. The van der Waals surface area contributed by atoms with Crippen molar-refractivity contribution >= 4 is 11.9 Å². The van der Waals surface area contributed by atoms with Crippen LogP contribution in [0.15, 0.2) is 0 Å². The molecule has 104 valence electrons. The lowest BCUT2D eigenvalue weighted by Crippen LogP contribution is -2.58. The third-order valence-electron chi connectivity index (χ3n) is 3.41. The van der Waals surface area contributed by atoms with E-state index >= 15 is 0 Å². The van der Waals surface area contributed by atoms with Crippen molar-refractivity contribution in [3.63, 3.8) is 0 Å². The second-order valence-corrected chi connectivity index (χ2v) is 4.82. The minimum absolute atomic E-state index is 0.215. The van der Waals surface area contributed by atoms with Crippen LogP contribution in [0.3, 0.4) is 0 Å². The first-order valence-corrected chi connectivity index (χ1v) is 6.35. The van der Waals surface area contributed by atoms with Gasteiger partial charge in [-0.15, -0.1) is 0 Å². The Labute approximate surface area is 107 Å². The highest BCUT2D eigenvalue weighted by Gasteiger charge is 2.42. The van der Waals surface area contributed by atoms with Gasteiger partial charge < -0.3 is 20.9 Å². The van der Waals surface area contributed by atoms with Crippen LogP contribution in [0.5, 0.6) is 0 Å². The van der Waals surface area contributed by atoms with Gasteiger partial charge in [-0.2, -0.15) is 0 Å². The molecule has 1 aliphatic rings. The summed E-state index contributed by atoms with van der Waals surface area (Å²) >= 11 is 0. The summed E-state index contributed by atoms with van der Waals surface area (Å²) in [6.45, 7) is 3.06. The van der Waals surface area contributed by atoms with Crippen molar-refractivity contribution in [1.82, 2.24) is 5.32 Å². The van der Waals surface area contributed by atoms with Gasteiger partial charge in [-0.05, 0) is 19.4 Å². The van der Waals surface area contributed by atoms with E-state index in [4.69, 9.17) is 10.5 Å². The molecular formula is C12H22N2O4. The largest absolute Gasteiger partial charge is 0.480 e. The molecule has 1 aliphatic heterocycles. The topological polar surface area (TPSA) is 102 Å². The molecule has 0 spiro atoms. The highest BCUT2D eigenvalue weighted by atomic mass is 16.5. The first-order valence-electron chi connectivity index (χ1n) is 6.35. The van der Waals surface area contributed by atoms with E-state index in [9.17, 15) is 14.7 Å². The lowest BCUT2D eigenvalue weighted by Gasteiger charge is -2.34. The molecule has 18 heavy (non-hydrogen) atoms. The minimum atomic E-state index is -1.16. The number of carbonyl (C=O) groups is 2. The highest BCUT2D eigenvalue weighted by molar-refractivity contribution is 5.88. The molecule has 0 saturated carbocycles. The maximum atomic E-state index is 12.0. The monoisotopic (exact) mass is 258 g/mol. The van der Waals surface area contributed by atoms with Gasteiger partial charge in [0.1, 0.15) is 5.54 Å². The zero-order valence-corrected chi connectivity index (χ0v) is 10.8. The van der Waals surface area contributed by atoms with Crippen LogP contribution < -0.4 is 11.1 Å². The molecule has 1 amide bonds. The number of hydrogen-bond acceptors (Lipinski definition) is 4. The molecule has 0 aromatic carbocycles. The Kier molecular flexibility index (Phi) is 5.55. The molecule has 6 nitrogen and oxygen atoms in total. The van der Waals surface area contributed by atoms with E-state index in [-0.39, 0.29) is 11.8 Å². The van der Waals surface area contributed by atoms with Gasteiger partial charge in [0.25, 0.3) is 0 Å². The van der Waals surface area contributed by atoms with Crippen LogP contribution in [-0.2, 0) is 14.3 Å². The van der Waals surface area contributed by atoms with Gasteiger partial charge in [-0.25, -0.2) is 4.79 Å². The van der Waals surface area contributed by atoms with Gasteiger partial charge in [-0.1, -0.05) is 6.92 Å². The van der Waals surface area contributed by atoms with E-state index in [0.29, 0.717) is 39.0 Å². The van der Waals surface area contributed by atoms with Gasteiger partial charge in [0.15, 0.2) is 0 Å². The van der Waals surface area contributed by atoms with E-state index in [2.05, 4.69) is 5.32 Å². The fourth-order valence-corrected chi connectivity index (χ4v) is 2.03. The molecule has 0 aromatic rings. The second kappa shape index (κ2) is 6.70. The fraction of sp³-hybridized carbons (Fsp3) is 0.833. The summed E-state index contributed by atoms with van der Waals surface area (Å²) in [5, 5.41) is 12.0. The van der Waals surface area contributed by atoms with Crippen LogP contribution in [0.25, 0.3) is 0 Å². The molecule has 4 N–H and O–H groups in total. The Morgan fingerprint density at radius 1 is 1.44 bits per heavy atom. The Bertz CT molecular complexity index is 300. The molecule has 6 heteroatoms. The number of carboxylic acid groups (broad SMARTS) is 1. The van der Waals surface area contributed by atoms with E-state index in [1.165, 1.54) is 0 Å². The molecule has 1 unspecified atom stereocenters. The number of carbonyl (C=O) groups excluding carboxylic acids is 1. The summed E-state index contributed by atoms with van der Waals surface area (Å²) in [6.07, 6.45) is 2.07. The van der Waals surface area contributed by atoms with Crippen molar-refractivity contribution in [3.05, 3.63) is 0 Å². The van der Waals surface area contributed by atoms with Crippen LogP contribution in [0.2, 0.25) is 0 Å².